The predicted octanol–water partition coefficient (Wildman–Crippen LogP) is 6.27. The molecule has 0 aliphatic heterocycles. The average Bonchev–Trinajstić information content (AvgIpc) is 2.67. The first-order valence-electron chi connectivity index (χ1n) is 8.88. The summed E-state index contributed by atoms with van der Waals surface area (Å²) in [7, 11) is 0. The molecule has 3 rings (SSSR count). The lowest BCUT2D eigenvalue weighted by Gasteiger charge is -2.15. The number of rotatable bonds is 5. The number of carbonyl (C=O) groups is 1. The molecule has 2 heteroatoms. The van der Waals surface area contributed by atoms with Crippen LogP contribution in [0.25, 0.3) is 10.8 Å². The fourth-order valence-electron chi connectivity index (χ4n) is 2.94. The molecular formula is C23H24O2. The molecular weight excluding hydrogens is 308 g/mol. The Morgan fingerprint density at radius 1 is 0.880 bits per heavy atom. The number of hydrogen-bond donors (Lipinski definition) is 0. The van der Waals surface area contributed by atoms with E-state index in [0.717, 1.165) is 17.4 Å². The van der Waals surface area contributed by atoms with Gasteiger partial charge in [0.25, 0.3) is 0 Å². The van der Waals surface area contributed by atoms with Gasteiger partial charge < -0.3 is 4.74 Å². The summed E-state index contributed by atoms with van der Waals surface area (Å²) >= 11 is 0. The van der Waals surface area contributed by atoms with Gasteiger partial charge in [0.2, 0.25) is 0 Å². The average molecular weight is 332 g/mol. The maximum atomic E-state index is 12.4. The van der Waals surface area contributed by atoms with Gasteiger partial charge in [-0.05, 0) is 59.4 Å². The Labute approximate surface area is 149 Å². The molecule has 0 N–H and O–H groups in total. The molecule has 3 aromatic carbocycles. The third-order valence-corrected chi connectivity index (χ3v) is 4.85. The first-order chi connectivity index (χ1) is 12.1. The van der Waals surface area contributed by atoms with E-state index >= 15 is 0 Å². The molecule has 0 bridgehead atoms. The van der Waals surface area contributed by atoms with Gasteiger partial charge in [-0.15, -0.1) is 0 Å². The molecule has 2 atom stereocenters. The molecule has 0 saturated heterocycles. The van der Waals surface area contributed by atoms with Gasteiger partial charge in [-0.2, -0.15) is 0 Å². The third kappa shape index (κ3) is 3.90. The zero-order valence-corrected chi connectivity index (χ0v) is 15.0. The first kappa shape index (κ1) is 17.2. The van der Waals surface area contributed by atoms with Crippen molar-refractivity contribution in [2.45, 2.75) is 39.2 Å². The topological polar surface area (TPSA) is 26.3 Å². The van der Waals surface area contributed by atoms with Gasteiger partial charge in [-0.3, -0.25) is 0 Å². The summed E-state index contributed by atoms with van der Waals surface area (Å²) in [6.07, 6.45) is 0.800. The van der Waals surface area contributed by atoms with Gasteiger partial charge in [-0.1, -0.05) is 62.4 Å². The highest BCUT2D eigenvalue weighted by molar-refractivity contribution is 5.89. The molecule has 0 aliphatic carbocycles. The number of ether oxygens (including phenoxy) is 1. The van der Waals surface area contributed by atoms with Crippen molar-refractivity contribution in [1.29, 1.82) is 0 Å². The fraction of sp³-hybridized carbons (Fsp3) is 0.261. The predicted molar refractivity (Wildman–Crippen MR) is 103 cm³/mol. The lowest BCUT2D eigenvalue weighted by molar-refractivity contribution is 0.0338. The van der Waals surface area contributed by atoms with Crippen LogP contribution in [-0.2, 0) is 4.74 Å². The van der Waals surface area contributed by atoms with E-state index in [1.807, 2.05) is 49.4 Å². The van der Waals surface area contributed by atoms with E-state index in [9.17, 15) is 4.79 Å². The van der Waals surface area contributed by atoms with Crippen molar-refractivity contribution < 1.29 is 9.53 Å². The summed E-state index contributed by atoms with van der Waals surface area (Å²) in [5.41, 5.74) is 2.85. The minimum Gasteiger partial charge on any atom is -0.454 e. The molecule has 0 aliphatic rings. The number of benzene rings is 3. The van der Waals surface area contributed by atoms with E-state index in [2.05, 4.69) is 38.1 Å². The highest BCUT2D eigenvalue weighted by atomic mass is 16.5. The van der Waals surface area contributed by atoms with Gasteiger partial charge >= 0.3 is 5.97 Å². The van der Waals surface area contributed by atoms with Crippen LogP contribution in [0, 0.1) is 0 Å². The zero-order valence-electron chi connectivity index (χ0n) is 15.0. The molecule has 0 amide bonds. The third-order valence-electron chi connectivity index (χ3n) is 4.85. The maximum Gasteiger partial charge on any atom is 0.338 e. The second-order valence-corrected chi connectivity index (χ2v) is 6.59. The van der Waals surface area contributed by atoms with E-state index in [-0.39, 0.29) is 12.1 Å². The summed E-state index contributed by atoms with van der Waals surface area (Å²) in [6, 6.07) is 22.1. The van der Waals surface area contributed by atoms with Gasteiger partial charge in [0.15, 0.2) is 0 Å². The standard InChI is InChI=1S/C23H24O2/c1-4-16(2)18-9-12-20(13-10-18)23(24)25-17(3)21-14-11-19-7-5-6-8-22(19)15-21/h5-17H,4H2,1-3H3. The van der Waals surface area contributed by atoms with E-state index in [4.69, 9.17) is 4.74 Å². The number of esters is 1. The second kappa shape index (κ2) is 7.52. The van der Waals surface area contributed by atoms with Crippen LogP contribution in [0.2, 0.25) is 0 Å². The van der Waals surface area contributed by atoms with Gasteiger partial charge in [0.1, 0.15) is 6.10 Å². The van der Waals surface area contributed by atoms with E-state index in [1.165, 1.54) is 10.9 Å². The Hall–Kier alpha value is -2.61. The van der Waals surface area contributed by atoms with Gasteiger partial charge in [-0.25, -0.2) is 4.79 Å². The summed E-state index contributed by atoms with van der Waals surface area (Å²) < 4.78 is 5.66. The Kier molecular flexibility index (Phi) is 5.18. The quantitative estimate of drug-likeness (QED) is 0.515. The molecule has 128 valence electrons. The van der Waals surface area contributed by atoms with Crippen LogP contribution in [-0.4, -0.2) is 5.97 Å². The molecule has 0 radical (unpaired) electrons. The van der Waals surface area contributed by atoms with E-state index in [1.54, 1.807) is 0 Å². The molecule has 0 fully saturated rings. The Morgan fingerprint density at radius 3 is 2.20 bits per heavy atom. The highest BCUT2D eigenvalue weighted by Crippen LogP contribution is 2.24. The monoisotopic (exact) mass is 332 g/mol. The SMILES string of the molecule is CCC(C)c1ccc(C(=O)OC(C)c2ccc3ccccc3c2)cc1. The smallest absolute Gasteiger partial charge is 0.338 e. The molecule has 3 aromatic rings. The fourth-order valence-corrected chi connectivity index (χ4v) is 2.94. The minimum atomic E-state index is -0.286. The zero-order chi connectivity index (χ0) is 17.8. The van der Waals surface area contributed by atoms with Crippen molar-refractivity contribution in [3.63, 3.8) is 0 Å². The second-order valence-electron chi connectivity index (χ2n) is 6.59. The number of fused-ring (bicyclic) bond motifs is 1. The number of hydrogen-bond acceptors (Lipinski definition) is 2. The van der Waals surface area contributed by atoms with Crippen molar-refractivity contribution in [2.75, 3.05) is 0 Å². The Balaban J connectivity index is 1.72. The van der Waals surface area contributed by atoms with E-state index < -0.39 is 0 Å². The summed E-state index contributed by atoms with van der Waals surface area (Å²) in [5.74, 6) is 0.220. The van der Waals surface area contributed by atoms with Crippen LogP contribution in [0.4, 0.5) is 0 Å². The molecule has 2 unspecified atom stereocenters. The van der Waals surface area contributed by atoms with Crippen LogP contribution in [0.5, 0.6) is 0 Å². The van der Waals surface area contributed by atoms with E-state index in [0.29, 0.717) is 11.5 Å². The van der Waals surface area contributed by atoms with Crippen molar-refractivity contribution in [1.82, 2.24) is 0 Å². The molecule has 0 aromatic heterocycles. The van der Waals surface area contributed by atoms with Gasteiger partial charge in [0.05, 0.1) is 5.56 Å². The molecule has 25 heavy (non-hydrogen) atoms. The summed E-state index contributed by atoms with van der Waals surface area (Å²) in [5, 5.41) is 2.34. The first-order valence-corrected chi connectivity index (χ1v) is 8.88. The number of carbonyl (C=O) groups excluding carboxylic acids is 1. The van der Waals surface area contributed by atoms with Crippen molar-refractivity contribution in [3.8, 4) is 0 Å². The van der Waals surface area contributed by atoms with Gasteiger partial charge in [0, 0.05) is 0 Å². The molecule has 0 saturated carbocycles. The Morgan fingerprint density at radius 2 is 1.52 bits per heavy atom. The van der Waals surface area contributed by atoms with Crippen LogP contribution in [0.3, 0.4) is 0 Å². The molecule has 2 nitrogen and oxygen atoms in total. The largest absolute Gasteiger partial charge is 0.454 e. The summed E-state index contributed by atoms with van der Waals surface area (Å²) in [4.78, 5) is 12.4. The maximum absolute atomic E-state index is 12.4. The van der Waals surface area contributed by atoms with Crippen LogP contribution in [0.15, 0.2) is 66.7 Å². The summed E-state index contributed by atoms with van der Waals surface area (Å²) in [6.45, 7) is 6.27. The lowest BCUT2D eigenvalue weighted by atomic mass is 9.98. The normalized spacial score (nSPS) is 13.4. The highest BCUT2D eigenvalue weighted by Gasteiger charge is 2.14. The van der Waals surface area contributed by atoms with Crippen molar-refractivity contribution >= 4 is 16.7 Å². The minimum absolute atomic E-state index is 0.281. The Bertz CT molecular complexity index is 865. The molecule has 0 spiro atoms. The van der Waals surface area contributed by atoms with Crippen LogP contribution < -0.4 is 0 Å². The van der Waals surface area contributed by atoms with Crippen molar-refractivity contribution in [3.05, 3.63) is 83.4 Å². The van der Waals surface area contributed by atoms with Crippen LogP contribution >= 0.6 is 0 Å². The van der Waals surface area contributed by atoms with Crippen molar-refractivity contribution in [2.24, 2.45) is 0 Å². The lowest BCUT2D eigenvalue weighted by Crippen LogP contribution is -2.09. The van der Waals surface area contributed by atoms with Crippen LogP contribution in [0.1, 0.15) is 60.7 Å². The molecule has 0 heterocycles.